The molecular weight excluding hydrogens is 194 g/mol. The van der Waals surface area contributed by atoms with E-state index in [2.05, 4.69) is 63.9 Å². The van der Waals surface area contributed by atoms with E-state index < -0.39 is 0 Å². The molecule has 0 saturated carbocycles. The molecule has 1 rings (SSSR count). The van der Waals surface area contributed by atoms with Crippen LogP contribution >= 0.6 is 0 Å². The van der Waals surface area contributed by atoms with Crippen LogP contribution in [0.1, 0.15) is 44.9 Å². The predicted octanol–water partition coefficient (Wildman–Crippen LogP) is 3.82. The SMILES string of the molecule is C=CCNC(C)c1ccc(C(C)(C)C)cc1. The molecule has 1 heteroatoms. The molecule has 1 unspecified atom stereocenters. The fourth-order valence-electron chi connectivity index (χ4n) is 1.65. The van der Waals surface area contributed by atoms with Crippen LogP contribution in [-0.2, 0) is 5.41 Å². The molecule has 0 aliphatic rings. The second kappa shape index (κ2) is 5.31. The van der Waals surface area contributed by atoms with E-state index in [0.29, 0.717) is 6.04 Å². The maximum atomic E-state index is 3.71. The Morgan fingerprint density at radius 2 is 1.81 bits per heavy atom. The van der Waals surface area contributed by atoms with Gasteiger partial charge >= 0.3 is 0 Å². The second-order valence-electron chi connectivity index (χ2n) is 5.29. The third kappa shape index (κ3) is 3.49. The van der Waals surface area contributed by atoms with Gasteiger partial charge in [-0.2, -0.15) is 0 Å². The first kappa shape index (κ1) is 13.0. The van der Waals surface area contributed by atoms with Crippen LogP contribution in [0.2, 0.25) is 0 Å². The third-order valence-electron chi connectivity index (χ3n) is 2.85. The number of hydrogen-bond acceptors (Lipinski definition) is 1. The summed E-state index contributed by atoms with van der Waals surface area (Å²) in [5, 5.41) is 3.39. The van der Waals surface area contributed by atoms with Gasteiger partial charge in [0, 0.05) is 12.6 Å². The van der Waals surface area contributed by atoms with Crippen molar-refractivity contribution >= 4 is 0 Å². The summed E-state index contributed by atoms with van der Waals surface area (Å²) in [6.45, 7) is 13.4. The molecule has 16 heavy (non-hydrogen) atoms. The topological polar surface area (TPSA) is 12.0 Å². The second-order valence-corrected chi connectivity index (χ2v) is 5.29. The first-order chi connectivity index (χ1) is 7.45. The molecule has 1 nitrogen and oxygen atoms in total. The van der Waals surface area contributed by atoms with Crippen LogP contribution in [-0.4, -0.2) is 6.54 Å². The Morgan fingerprint density at radius 1 is 1.25 bits per heavy atom. The molecule has 0 aromatic heterocycles. The van der Waals surface area contributed by atoms with E-state index in [4.69, 9.17) is 0 Å². The Balaban J connectivity index is 2.74. The molecule has 0 aliphatic heterocycles. The van der Waals surface area contributed by atoms with E-state index in [-0.39, 0.29) is 5.41 Å². The number of rotatable bonds is 4. The van der Waals surface area contributed by atoms with Gasteiger partial charge in [-0.05, 0) is 23.5 Å². The van der Waals surface area contributed by atoms with Gasteiger partial charge in [0.1, 0.15) is 0 Å². The molecule has 0 aliphatic carbocycles. The number of benzene rings is 1. The minimum absolute atomic E-state index is 0.232. The summed E-state index contributed by atoms with van der Waals surface area (Å²) in [7, 11) is 0. The predicted molar refractivity (Wildman–Crippen MR) is 71.8 cm³/mol. The highest BCUT2D eigenvalue weighted by atomic mass is 14.9. The van der Waals surface area contributed by atoms with Gasteiger partial charge in [-0.15, -0.1) is 6.58 Å². The number of hydrogen-bond donors (Lipinski definition) is 1. The van der Waals surface area contributed by atoms with Gasteiger partial charge in [0.2, 0.25) is 0 Å². The Kier molecular flexibility index (Phi) is 4.31. The lowest BCUT2D eigenvalue weighted by molar-refractivity contribution is 0.586. The van der Waals surface area contributed by atoms with E-state index in [9.17, 15) is 0 Å². The molecule has 1 aromatic carbocycles. The normalized spacial score (nSPS) is 13.5. The van der Waals surface area contributed by atoms with Crippen LogP contribution in [0.5, 0.6) is 0 Å². The Bertz CT molecular complexity index is 329. The average molecular weight is 217 g/mol. The molecule has 88 valence electrons. The standard InChI is InChI=1S/C15H23N/c1-6-11-16-12(2)13-7-9-14(10-8-13)15(3,4)5/h6-10,12,16H,1,11H2,2-5H3. The van der Waals surface area contributed by atoms with Crippen LogP contribution in [0.25, 0.3) is 0 Å². The smallest absolute Gasteiger partial charge is 0.0294 e. The number of nitrogens with one attached hydrogen (secondary N) is 1. The van der Waals surface area contributed by atoms with Gasteiger partial charge in [0.25, 0.3) is 0 Å². The van der Waals surface area contributed by atoms with E-state index >= 15 is 0 Å². The van der Waals surface area contributed by atoms with Crippen LogP contribution in [0, 0.1) is 0 Å². The molecular formula is C15H23N. The van der Waals surface area contributed by atoms with E-state index in [1.807, 2.05) is 6.08 Å². The first-order valence-electron chi connectivity index (χ1n) is 5.90. The Hall–Kier alpha value is -1.08. The van der Waals surface area contributed by atoms with Crippen molar-refractivity contribution in [2.24, 2.45) is 0 Å². The van der Waals surface area contributed by atoms with Crippen molar-refractivity contribution in [3.05, 3.63) is 48.0 Å². The summed E-state index contributed by atoms with van der Waals surface area (Å²) in [6.07, 6.45) is 1.89. The highest BCUT2D eigenvalue weighted by molar-refractivity contribution is 5.29. The fraction of sp³-hybridized carbons (Fsp3) is 0.467. The van der Waals surface area contributed by atoms with Crippen molar-refractivity contribution in [1.82, 2.24) is 5.32 Å². The average Bonchev–Trinajstić information content (AvgIpc) is 2.25. The zero-order valence-electron chi connectivity index (χ0n) is 10.9. The van der Waals surface area contributed by atoms with Crippen LogP contribution in [0.4, 0.5) is 0 Å². The van der Waals surface area contributed by atoms with Gasteiger partial charge < -0.3 is 5.32 Å². The van der Waals surface area contributed by atoms with Gasteiger partial charge in [-0.1, -0.05) is 51.1 Å². The van der Waals surface area contributed by atoms with Gasteiger partial charge in [0.15, 0.2) is 0 Å². The van der Waals surface area contributed by atoms with E-state index in [1.165, 1.54) is 11.1 Å². The Morgan fingerprint density at radius 3 is 2.25 bits per heavy atom. The minimum atomic E-state index is 0.232. The molecule has 1 N–H and O–H groups in total. The Labute approximate surface area is 99.6 Å². The maximum absolute atomic E-state index is 3.71. The van der Waals surface area contributed by atoms with Gasteiger partial charge in [-0.25, -0.2) is 0 Å². The highest BCUT2D eigenvalue weighted by Gasteiger charge is 2.13. The lowest BCUT2D eigenvalue weighted by atomic mass is 9.86. The van der Waals surface area contributed by atoms with E-state index in [0.717, 1.165) is 6.54 Å². The van der Waals surface area contributed by atoms with Crippen LogP contribution in [0.15, 0.2) is 36.9 Å². The molecule has 0 fully saturated rings. The summed E-state index contributed by atoms with van der Waals surface area (Å²) in [5.41, 5.74) is 2.94. The van der Waals surface area contributed by atoms with Crippen LogP contribution < -0.4 is 5.32 Å². The highest BCUT2D eigenvalue weighted by Crippen LogP contribution is 2.23. The monoisotopic (exact) mass is 217 g/mol. The largest absolute Gasteiger partial charge is 0.307 e. The lowest BCUT2D eigenvalue weighted by Gasteiger charge is -2.20. The zero-order chi connectivity index (χ0) is 12.2. The van der Waals surface area contributed by atoms with Crippen molar-refractivity contribution < 1.29 is 0 Å². The maximum Gasteiger partial charge on any atom is 0.0294 e. The molecule has 0 amide bonds. The van der Waals surface area contributed by atoms with E-state index in [1.54, 1.807) is 0 Å². The van der Waals surface area contributed by atoms with Crippen LogP contribution in [0.3, 0.4) is 0 Å². The van der Waals surface area contributed by atoms with Gasteiger partial charge in [-0.3, -0.25) is 0 Å². The quantitative estimate of drug-likeness (QED) is 0.756. The van der Waals surface area contributed by atoms with Crippen molar-refractivity contribution in [2.75, 3.05) is 6.54 Å². The summed E-state index contributed by atoms with van der Waals surface area (Å²) >= 11 is 0. The molecule has 0 saturated heterocycles. The molecule has 0 heterocycles. The molecule has 1 atom stereocenters. The summed E-state index contributed by atoms with van der Waals surface area (Å²) < 4.78 is 0. The van der Waals surface area contributed by atoms with Crippen molar-refractivity contribution in [1.29, 1.82) is 0 Å². The van der Waals surface area contributed by atoms with Crippen molar-refractivity contribution in [3.8, 4) is 0 Å². The summed E-state index contributed by atoms with van der Waals surface area (Å²) in [5.74, 6) is 0. The summed E-state index contributed by atoms with van der Waals surface area (Å²) in [6, 6.07) is 9.25. The minimum Gasteiger partial charge on any atom is -0.307 e. The zero-order valence-corrected chi connectivity index (χ0v) is 10.9. The van der Waals surface area contributed by atoms with Crippen molar-refractivity contribution in [2.45, 2.75) is 39.2 Å². The molecule has 0 spiro atoms. The summed E-state index contributed by atoms with van der Waals surface area (Å²) in [4.78, 5) is 0. The molecule has 1 aromatic rings. The lowest BCUT2D eigenvalue weighted by Crippen LogP contribution is -2.18. The van der Waals surface area contributed by atoms with Gasteiger partial charge in [0.05, 0.1) is 0 Å². The third-order valence-corrected chi connectivity index (χ3v) is 2.85. The molecule has 0 radical (unpaired) electrons. The first-order valence-corrected chi connectivity index (χ1v) is 5.90. The fourth-order valence-corrected chi connectivity index (χ4v) is 1.65. The van der Waals surface area contributed by atoms with Crippen molar-refractivity contribution in [3.63, 3.8) is 0 Å². The molecule has 0 bridgehead atoms.